The van der Waals surface area contributed by atoms with E-state index < -0.39 is 30.1 Å². The van der Waals surface area contributed by atoms with Crippen molar-refractivity contribution in [3.05, 3.63) is 54.0 Å². The second-order valence-electron chi connectivity index (χ2n) is 4.48. The van der Waals surface area contributed by atoms with E-state index >= 15 is 0 Å². The number of rotatable bonds is 7. The average molecular weight is 337 g/mol. The zero-order valence-corrected chi connectivity index (χ0v) is 12.3. The lowest BCUT2D eigenvalue weighted by molar-refractivity contribution is -0.126. The average Bonchev–Trinajstić information content (AvgIpc) is 3.06. The molecule has 0 aliphatic carbocycles. The van der Waals surface area contributed by atoms with Crippen LogP contribution in [0.2, 0.25) is 0 Å². The third kappa shape index (κ3) is 5.52. The van der Waals surface area contributed by atoms with Gasteiger partial charge in [-0.1, -0.05) is 5.16 Å². The molecule has 0 aliphatic rings. The molecule has 0 aliphatic heterocycles. The Labute approximate surface area is 135 Å². The highest BCUT2D eigenvalue weighted by atomic mass is 19.1. The van der Waals surface area contributed by atoms with E-state index in [2.05, 4.69) is 20.6 Å². The summed E-state index contributed by atoms with van der Waals surface area (Å²) in [6.07, 6.45) is 2.20. The van der Waals surface area contributed by atoms with Gasteiger partial charge in [0.2, 0.25) is 0 Å². The predicted octanol–water partition coefficient (Wildman–Crippen LogP) is 1.82. The molecule has 2 N–H and O–H groups in total. The van der Waals surface area contributed by atoms with Crippen LogP contribution >= 0.6 is 0 Å². The number of benzene rings is 1. The molecule has 0 unspecified atom stereocenters. The molecule has 7 nitrogen and oxygen atoms in total. The maximum atomic E-state index is 13.3. The number of oxime groups is 1. The molecule has 2 aromatic rings. The summed E-state index contributed by atoms with van der Waals surface area (Å²) in [6, 6.07) is 6.07. The Kier molecular flexibility index (Phi) is 6.01. The molecule has 0 saturated heterocycles. The van der Waals surface area contributed by atoms with Crippen molar-refractivity contribution in [1.29, 1.82) is 0 Å². The molecule has 0 spiro atoms. The van der Waals surface area contributed by atoms with Gasteiger partial charge in [-0.3, -0.25) is 9.59 Å². The number of nitrogens with zero attached hydrogens (tertiary/aromatic N) is 1. The van der Waals surface area contributed by atoms with Gasteiger partial charge < -0.3 is 19.9 Å². The van der Waals surface area contributed by atoms with E-state index in [1.807, 2.05) is 0 Å². The van der Waals surface area contributed by atoms with Crippen molar-refractivity contribution in [3.8, 4) is 0 Å². The zero-order chi connectivity index (χ0) is 17.4. The fourth-order valence-corrected chi connectivity index (χ4v) is 1.59. The summed E-state index contributed by atoms with van der Waals surface area (Å²) < 4.78 is 31.1. The molecule has 0 fully saturated rings. The van der Waals surface area contributed by atoms with Crippen molar-refractivity contribution in [1.82, 2.24) is 5.32 Å². The zero-order valence-electron chi connectivity index (χ0n) is 12.3. The summed E-state index contributed by atoms with van der Waals surface area (Å²) >= 11 is 0. The Bertz CT molecular complexity index is 732. The van der Waals surface area contributed by atoms with E-state index in [0.717, 1.165) is 18.3 Å². The number of amides is 2. The van der Waals surface area contributed by atoms with E-state index in [-0.39, 0.29) is 12.2 Å². The maximum absolute atomic E-state index is 13.3. The van der Waals surface area contributed by atoms with E-state index in [0.29, 0.717) is 11.8 Å². The number of hydrogen-bond donors (Lipinski definition) is 2. The maximum Gasteiger partial charge on any atom is 0.270 e. The fourth-order valence-electron chi connectivity index (χ4n) is 1.59. The molecule has 0 atom stereocenters. The smallest absolute Gasteiger partial charge is 0.270 e. The SMILES string of the molecule is O=C(/C=N/OCC(=O)NCc1ccco1)Nc1ccc(F)cc1F. The first-order chi connectivity index (χ1) is 11.5. The Hall–Kier alpha value is -3.23. The first kappa shape index (κ1) is 17.1. The molecule has 0 saturated carbocycles. The number of carbonyl (C=O) groups excluding carboxylic acids is 2. The quantitative estimate of drug-likeness (QED) is 0.595. The summed E-state index contributed by atoms with van der Waals surface area (Å²) in [4.78, 5) is 27.5. The molecule has 9 heteroatoms. The highest BCUT2D eigenvalue weighted by Crippen LogP contribution is 2.14. The Balaban J connectivity index is 1.69. The van der Waals surface area contributed by atoms with Crippen molar-refractivity contribution in [3.63, 3.8) is 0 Å². The van der Waals surface area contributed by atoms with Crippen molar-refractivity contribution in [2.45, 2.75) is 6.54 Å². The van der Waals surface area contributed by atoms with Crippen molar-refractivity contribution >= 4 is 23.7 Å². The standard InChI is InChI=1S/C15H13F2N3O4/c16-10-3-4-13(12(17)6-10)20-14(21)8-19-24-9-15(22)18-7-11-2-1-5-23-11/h1-6,8H,7,9H2,(H,18,22)(H,20,21)/b19-8+. The lowest BCUT2D eigenvalue weighted by Crippen LogP contribution is -2.26. The highest BCUT2D eigenvalue weighted by Gasteiger charge is 2.07. The van der Waals surface area contributed by atoms with Gasteiger partial charge in [0, 0.05) is 6.07 Å². The van der Waals surface area contributed by atoms with Gasteiger partial charge in [-0.25, -0.2) is 8.78 Å². The third-order valence-electron chi connectivity index (χ3n) is 2.67. The van der Waals surface area contributed by atoms with Crippen LogP contribution in [0.3, 0.4) is 0 Å². The van der Waals surface area contributed by atoms with Gasteiger partial charge >= 0.3 is 0 Å². The summed E-state index contributed by atoms with van der Waals surface area (Å²) in [5.74, 6) is -2.37. The number of hydrogen-bond acceptors (Lipinski definition) is 5. The van der Waals surface area contributed by atoms with Gasteiger partial charge in [0.05, 0.1) is 18.5 Å². The number of halogens is 2. The Morgan fingerprint density at radius 1 is 1.29 bits per heavy atom. The van der Waals surface area contributed by atoms with Gasteiger partial charge in [-0.05, 0) is 24.3 Å². The van der Waals surface area contributed by atoms with Gasteiger partial charge in [-0.2, -0.15) is 0 Å². The molecule has 1 aromatic carbocycles. The molecule has 126 valence electrons. The van der Waals surface area contributed by atoms with Crippen LogP contribution in [0.5, 0.6) is 0 Å². The van der Waals surface area contributed by atoms with Crippen LogP contribution in [0.1, 0.15) is 5.76 Å². The van der Waals surface area contributed by atoms with Crippen molar-refractivity contribution < 1.29 is 27.6 Å². The summed E-state index contributed by atoms with van der Waals surface area (Å²) in [6.45, 7) is -0.210. The van der Waals surface area contributed by atoms with Crippen LogP contribution in [0.15, 0.2) is 46.2 Å². The minimum absolute atomic E-state index is 0.198. The van der Waals surface area contributed by atoms with E-state index in [4.69, 9.17) is 4.42 Å². The van der Waals surface area contributed by atoms with Crippen LogP contribution in [-0.4, -0.2) is 24.6 Å². The third-order valence-corrected chi connectivity index (χ3v) is 2.67. The first-order valence-corrected chi connectivity index (χ1v) is 6.75. The lowest BCUT2D eigenvalue weighted by atomic mass is 10.3. The molecular formula is C15H13F2N3O4. The molecule has 1 heterocycles. The second-order valence-corrected chi connectivity index (χ2v) is 4.48. The van der Waals surface area contributed by atoms with Crippen LogP contribution in [-0.2, 0) is 21.0 Å². The van der Waals surface area contributed by atoms with Crippen LogP contribution in [0.4, 0.5) is 14.5 Å². The minimum Gasteiger partial charge on any atom is -0.467 e. The molecule has 2 rings (SSSR count). The largest absolute Gasteiger partial charge is 0.467 e. The van der Waals surface area contributed by atoms with Crippen molar-refractivity contribution in [2.75, 3.05) is 11.9 Å². The Morgan fingerprint density at radius 3 is 2.83 bits per heavy atom. The second kappa shape index (κ2) is 8.42. The minimum atomic E-state index is -0.921. The molecule has 2 amide bonds. The van der Waals surface area contributed by atoms with E-state index in [9.17, 15) is 18.4 Å². The van der Waals surface area contributed by atoms with Gasteiger partial charge in [0.25, 0.3) is 11.8 Å². The lowest BCUT2D eigenvalue weighted by Gasteiger charge is -2.03. The highest BCUT2D eigenvalue weighted by molar-refractivity contribution is 6.31. The number of furan rings is 1. The summed E-state index contributed by atoms with van der Waals surface area (Å²) in [5.41, 5.74) is -0.205. The summed E-state index contributed by atoms with van der Waals surface area (Å²) in [5, 5.41) is 7.94. The van der Waals surface area contributed by atoms with Crippen LogP contribution < -0.4 is 10.6 Å². The molecule has 0 radical (unpaired) electrons. The monoisotopic (exact) mass is 337 g/mol. The normalized spacial score (nSPS) is 10.6. The molecule has 0 bridgehead atoms. The molecule has 1 aromatic heterocycles. The number of anilines is 1. The van der Waals surface area contributed by atoms with Crippen LogP contribution in [0.25, 0.3) is 0 Å². The van der Waals surface area contributed by atoms with E-state index in [1.165, 1.54) is 6.26 Å². The van der Waals surface area contributed by atoms with E-state index in [1.54, 1.807) is 12.1 Å². The van der Waals surface area contributed by atoms with Gasteiger partial charge in [0.1, 0.15) is 23.6 Å². The van der Waals surface area contributed by atoms with Gasteiger partial charge in [0.15, 0.2) is 6.61 Å². The van der Waals surface area contributed by atoms with Crippen molar-refractivity contribution in [2.24, 2.45) is 5.16 Å². The fraction of sp³-hybridized carbons (Fsp3) is 0.133. The van der Waals surface area contributed by atoms with Crippen LogP contribution in [0, 0.1) is 11.6 Å². The summed E-state index contributed by atoms with van der Waals surface area (Å²) in [7, 11) is 0. The Morgan fingerprint density at radius 2 is 2.12 bits per heavy atom. The predicted molar refractivity (Wildman–Crippen MR) is 80.0 cm³/mol. The first-order valence-electron chi connectivity index (χ1n) is 6.75. The number of nitrogens with one attached hydrogen (secondary N) is 2. The molecule has 24 heavy (non-hydrogen) atoms. The van der Waals surface area contributed by atoms with Gasteiger partial charge in [-0.15, -0.1) is 0 Å². The number of carbonyl (C=O) groups is 2. The topological polar surface area (TPSA) is 92.9 Å². The molecular weight excluding hydrogens is 324 g/mol.